The minimum Gasteiger partial charge on any atom is -0.357 e. The first-order valence-electron chi connectivity index (χ1n) is 12.3. The number of amides is 2. The molecule has 35 heavy (non-hydrogen) atoms. The number of benzene rings is 2. The van der Waals surface area contributed by atoms with Gasteiger partial charge in [-0.3, -0.25) is 14.2 Å². The molecule has 2 aromatic carbocycles. The maximum absolute atomic E-state index is 13.2. The Morgan fingerprint density at radius 1 is 0.914 bits per heavy atom. The Bertz CT molecular complexity index is 1010. The van der Waals surface area contributed by atoms with Crippen LogP contribution in [-0.4, -0.2) is 36.0 Å². The number of carbonyl (C=O) groups excluding carboxylic acids is 2. The minimum absolute atomic E-state index is 0.0125. The molecular formula is C28H41N2O4P. The molecule has 2 aromatic rings. The summed E-state index contributed by atoms with van der Waals surface area (Å²) in [5.41, 5.74) is 2.62. The van der Waals surface area contributed by atoms with Gasteiger partial charge in [-0.15, -0.1) is 0 Å². The Kier molecular flexibility index (Phi) is 10.3. The molecule has 0 fully saturated rings. The number of likely N-dealkylation sites (N-methyl/N-ethyl adjacent to an activating group) is 1. The van der Waals surface area contributed by atoms with Crippen molar-refractivity contribution in [3.8, 4) is 0 Å². The molecule has 6 nitrogen and oxygen atoms in total. The van der Waals surface area contributed by atoms with Crippen molar-refractivity contribution in [2.75, 3.05) is 13.2 Å². The van der Waals surface area contributed by atoms with Gasteiger partial charge in [-0.1, -0.05) is 89.2 Å². The average molecular weight is 501 g/mol. The third-order valence-corrected chi connectivity index (χ3v) is 7.87. The van der Waals surface area contributed by atoms with Gasteiger partial charge in [-0.25, -0.2) is 0 Å². The number of hydrogen-bond acceptors (Lipinski definition) is 3. The Balaban J connectivity index is 2.10. The SMILES string of the molecule is CNC(=O)[C@@H](NC(=O)C(CC(C)C)CP(=O)(O)Cc1ccc(Cc2ccccc2)cc1)C(C)(C)C. The van der Waals surface area contributed by atoms with Crippen LogP contribution in [0.5, 0.6) is 0 Å². The Hall–Kier alpha value is -2.43. The van der Waals surface area contributed by atoms with Gasteiger partial charge in [0.15, 0.2) is 0 Å². The number of carbonyl (C=O) groups is 2. The Morgan fingerprint density at radius 3 is 1.97 bits per heavy atom. The zero-order valence-corrected chi connectivity index (χ0v) is 22.8. The van der Waals surface area contributed by atoms with Crippen molar-refractivity contribution in [1.82, 2.24) is 10.6 Å². The van der Waals surface area contributed by atoms with Gasteiger partial charge in [-0.05, 0) is 40.9 Å². The third kappa shape index (κ3) is 9.62. The summed E-state index contributed by atoms with van der Waals surface area (Å²) in [6, 6.07) is 17.2. The maximum Gasteiger partial charge on any atom is 0.242 e. The van der Waals surface area contributed by atoms with Crippen LogP contribution in [0.15, 0.2) is 54.6 Å². The number of rotatable bonds is 11. The summed E-state index contributed by atoms with van der Waals surface area (Å²) in [4.78, 5) is 36.4. The van der Waals surface area contributed by atoms with E-state index in [4.69, 9.17) is 0 Å². The van der Waals surface area contributed by atoms with Crippen molar-refractivity contribution < 1.29 is 19.0 Å². The average Bonchev–Trinajstić information content (AvgIpc) is 2.77. The molecule has 0 aliphatic rings. The van der Waals surface area contributed by atoms with Gasteiger partial charge >= 0.3 is 0 Å². The molecule has 2 unspecified atom stereocenters. The molecule has 0 bridgehead atoms. The molecule has 7 heteroatoms. The Morgan fingerprint density at radius 2 is 1.46 bits per heavy atom. The quantitative estimate of drug-likeness (QED) is 0.379. The molecule has 0 saturated carbocycles. The topological polar surface area (TPSA) is 95.5 Å². The second kappa shape index (κ2) is 12.5. The summed E-state index contributed by atoms with van der Waals surface area (Å²) in [6.45, 7) is 9.59. The van der Waals surface area contributed by atoms with Gasteiger partial charge < -0.3 is 15.5 Å². The fourth-order valence-corrected chi connectivity index (χ4v) is 6.12. The standard InChI is InChI=1S/C28H41N2O4P/c1-20(2)16-24(26(31)30-25(27(32)29-6)28(3,4)5)19-35(33,34)18-23-14-12-22(13-15-23)17-21-10-8-7-9-11-21/h7-15,20,24-25H,16-19H2,1-6H3,(H,29,32)(H,30,31)(H,33,34)/t24?,25-/m1/s1. The number of nitrogens with one attached hydrogen (secondary N) is 2. The molecule has 0 aromatic heterocycles. The summed E-state index contributed by atoms with van der Waals surface area (Å²) >= 11 is 0. The van der Waals surface area contributed by atoms with E-state index >= 15 is 0 Å². The van der Waals surface area contributed by atoms with E-state index < -0.39 is 24.7 Å². The molecular weight excluding hydrogens is 459 g/mol. The lowest BCUT2D eigenvalue weighted by atomic mass is 9.85. The van der Waals surface area contributed by atoms with E-state index in [9.17, 15) is 19.0 Å². The van der Waals surface area contributed by atoms with Crippen molar-refractivity contribution in [2.45, 2.75) is 59.7 Å². The van der Waals surface area contributed by atoms with Crippen LogP contribution in [0.4, 0.5) is 0 Å². The smallest absolute Gasteiger partial charge is 0.242 e. The molecule has 0 saturated heterocycles. The summed E-state index contributed by atoms with van der Waals surface area (Å²) in [6.07, 6.45) is 1.16. The van der Waals surface area contributed by atoms with E-state index in [1.165, 1.54) is 12.6 Å². The lowest BCUT2D eigenvalue weighted by Gasteiger charge is -2.32. The zero-order valence-electron chi connectivity index (χ0n) is 21.9. The van der Waals surface area contributed by atoms with Gasteiger partial charge in [0.25, 0.3) is 0 Å². The van der Waals surface area contributed by atoms with Crippen LogP contribution in [0.3, 0.4) is 0 Å². The predicted octanol–water partition coefficient (Wildman–Crippen LogP) is 4.99. The van der Waals surface area contributed by atoms with Crippen molar-refractivity contribution in [1.29, 1.82) is 0 Å². The predicted molar refractivity (Wildman–Crippen MR) is 142 cm³/mol. The van der Waals surface area contributed by atoms with Crippen LogP contribution in [0.1, 0.15) is 57.7 Å². The lowest BCUT2D eigenvalue weighted by molar-refractivity contribution is -0.133. The van der Waals surface area contributed by atoms with Gasteiger partial charge in [0.1, 0.15) is 6.04 Å². The monoisotopic (exact) mass is 500 g/mol. The highest BCUT2D eigenvalue weighted by Gasteiger charge is 2.36. The molecule has 0 aliphatic carbocycles. The maximum atomic E-state index is 13.2. The lowest BCUT2D eigenvalue weighted by Crippen LogP contribution is -2.54. The number of hydrogen-bond donors (Lipinski definition) is 3. The normalized spacial score (nSPS) is 15.2. The van der Waals surface area contributed by atoms with Gasteiger partial charge in [0.2, 0.25) is 19.2 Å². The molecule has 2 amide bonds. The minimum atomic E-state index is -3.64. The van der Waals surface area contributed by atoms with E-state index in [1.807, 2.05) is 77.1 Å². The van der Waals surface area contributed by atoms with Gasteiger partial charge in [0, 0.05) is 25.3 Å². The van der Waals surface area contributed by atoms with E-state index in [1.54, 1.807) is 0 Å². The largest absolute Gasteiger partial charge is 0.357 e. The molecule has 0 radical (unpaired) electrons. The highest BCUT2D eigenvalue weighted by molar-refractivity contribution is 7.57. The van der Waals surface area contributed by atoms with E-state index in [2.05, 4.69) is 22.8 Å². The van der Waals surface area contributed by atoms with Crippen molar-refractivity contribution in [3.63, 3.8) is 0 Å². The molecule has 3 N–H and O–H groups in total. The molecule has 0 heterocycles. The van der Waals surface area contributed by atoms with Crippen LogP contribution in [0.2, 0.25) is 0 Å². The second-order valence-electron chi connectivity index (χ2n) is 10.9. The van der Waals surface area contributed by atoms with E-state index in [0.29, 0.717) is 6.42 Å². The first-order valence-corrected chi connectivity index (χ1v) is 14.3. The van der Waals surface area contributed by atoms with E-state index in [0.717, 1.165) is 17.5 Å². The molecule has 0 aliphatic heterocycles. The summed E-state index contributed by atoms with van der Waals surface area (Å²) < 4.78 is 13.2. The summed E-state index contributed by atoms with van der Waals surface area (Å²) in [5.74, 6) is -1.12. The fraction of sp³-hybridized carbons (Fsp3) is 0.500. The highest BCUT2D eigenvalue weighted by atomic mass is 31.2. The molecule has 3 atom stereocenters. The Labute approximate surface area is 210 Å². The van der Waals surface area contributed by atoms with Gasteiger partial charge in [-0.2, -0.15) is 0 Å². The summed E-state index contributed by atoms with van der Waals surface area (Å²) in [7, 11) is -2.10. The summed E-state index contributed by atoms with van der Waals surface area (Å²) in [5, 5.41) is 5.45. The van der Waals surface area contributed by atoms with Crippen LogP contribution in [0, 0.1) is 17.3 Å². The molecule has 2 rings (SSSR count). The van der Waals surface area contributed by atoms with Crippen molar-refractivity contribution in [2.24, 2.45) is 17.3 Å². The van der Waals surface area contributed by atoms with Crippen LogP contribution < -0.4 is 10.6 Å². The fourth-order valence-electron chi connectivity index (χ4n) is 4.20. The molecule has 192 valence electrons. The first kappa shape index (κ1) is 28.8. The van der Waals surface area contributed by atoms with Crippen LogP contribution in [-0.2, 0) is 26.7 Å². The van der Waals surface area contributed by atoms with Crippen LogP contribution in [0.25, 0.3) is 0 Å². The van der Waals surface area contributed by atoms with Crippen molar-refractivity contribution >= 4 is 19.2 Å². The molecule has 0 spiro atoms. The third-order valence-electron chi connectivity index (χ3n) is 6.00. The van der Waals surface area contributed by atoms with E-state index in [-0.39, 0.29) is 30.1 Å². The first-order chi connectivity index (χ1) is 16.3. The van der Waals surface area contributed by atoms with Gasteiger partial charge in [0.05, 0.1) is 0 Å². The van der Waals surface area contributed by atoms with Crippen LogP contribution >= 0.6 is 7.37 Å². The van der Waals surface area contributed by atoms with Crippen molar-refractivity contribution in [3.05, 3.63) is 71.3 Å². The highest BCUT2D eigenvalue weighted by Crippen LogP contribution is 2.47. The zero-order chi connectivity index (χ0) is 26.2. The second-order valence-corrected chi connectivity index (χ2v) is 13.3.